The number of benzene rings is 2. The van der Waals surface area contributed by atoms with Crippen LogP contribution in [0.4, 0.5) is 5.69 Å². The zero-order valence-corrected chi connectivity index (χ0v) is 15.7. The molecule has 0 unspecified atom stereocenters. The van der Waals surface area contributed by atoms with Crippen molar-refractivity contribution in [3.63, 3.8) is 0 Å². The molecule has 1 aliphatic heterocycles. The molecule has 3 nitrogen and oxygen atoms in total. The first kappa shape index (κ1) is 18.0. The first-order valence-corrected chi connectivity index (χ1v) is 9.41. The van der Waals surface area contributed by atoms with Crippen LogP contribution in [0.3, 0.4) is 0 Å². The van der Waals surface area contributed by atoms with Crippen LogP contribution in [0.1, 0.15) is 30.6 Å². The fourth-order valence-corrected chi connectivity index (χ4v) is 3.66. The van der Waals surface area contributed by atoms with Crippen LogP contribution in [-0.2, 0) is 0 Å². The highest BCUT2D eigenvalue weighted by Crippen LogP contribution is 2.36. The van der Waals surface area contributed by atoms with Gasteiger partial charge in [0.2, 0.25) is 0 Å². The van der Waals surface area contributed by atoms with Gasteiger partial charge in [-0.3, -0.25) is 4.79 Å². The van der Waals surface area contributed by atoms with Gasteiger partial charge < -0.3 is 9.80 Å². The van der Waals surface area contributed by atoms with Crippen LogP contribution in [0.2, 0.25) is 5.02 Å². The number of Topliss-reactive ketones (excluding diaryl/α,β-unsaturated/α-hetero) is 1. The number of hydrogen-bond donors (Lipinski definition) is 0. The molecular weight excluding hydrogens is 332 g/mol. The maximum atomic E-state index is 12.4. The standard InChI is InChI=1S/C21H25ClN2O/c1-3-20(25)19-15-17(24-12-10-23(4-2)11-13-24)14-18(21(19)22)16-8-6-5-7-9-16/h5-9,14-15H,3-4,10-13H2,1-2H3. The Balaban J connectivity index is 2.02. The van der Waals surface area contributed by atoms with Crippen LogP contribution in [0.5, 0.6) is 0 Å². The summed E-state index contributed by atoms with van der Waals surface area (Å²) >= 11 is 6.63. The van der Waals surface area contributed by atoms with Crippen molar-refractivity contribution in [3.05, 3.63) is 53.1 Å². The minimum atomic E-state index is 0.0937. The molecule has 0 amide bonds. The van der Waals surface area contributed by atoms with Crippen LogP contribution < -0.4 is 4.90 Å². The smallest absolute Gasteiger partial charge is 0.164 e. The summed E-state index contributed by atoms with van der Waals surface area (Å²) in [5.74, 6) is 0.0937. The van der Waals surface area contributed by atoms with Crippen LogP contribution in [0.15, 0.2) is 42.5 Å². The Hall–Kier alpha value is -1.84. The minimum absolute atomic E-state index is 0.0937. The molecule has 2 aromatic carbocycles. The maximum absolute atomic E-state index is 12.4. The Kier molecular flexibility index (Phi) is 5.77. The predicted octanol–water partition coefficient (Wildman–Crippen LogP) is 4.74. The normalized spacial score (nSPS) is 15.4. The fourth-order valence-electron chi connectivity index (χ4n) is 3.34. The van der Waals surface area contributed by atoms with Gasteiger partial charge in [0, 0.05) is 49.4 Å². The average Bonchev–Trinajstić information content (AvgIpc) is 2.68. The summed E-state index contributed by atoms with van der Waals surface area (Å²) in [6.07, 6.45) is 0.459. The minimum Gasteiger partial charge on any atom is -0.369 e. The van der Waals surface area contributed by atoms with Gasteiger partial charge in [-0.1, -0.05) is 55.8 Å². The van der Waals surface area contributed by atoms with Crippen molar-refractivity contribution in [3.8, 4) is 11.1 Å². The van der Waals surface area contributed by atoms with Gasteiger partial charge in [-0.25, -0.2) is 0 Å². The van der Waals surface area contributed by atoms with Gasteiger partial charge in [0.1, 0.15) is 0 Å². The number of nitrogens with zero attached hydrogens (tertiary/aromatic N) is 2. The van der Waals surface area contributed by atoms with Crippen molar-refractivity contribution in [2.24, 2.45) is 0 Å². The van der Waals surface area contributed by atoms with Gasteiger partial charge in [0.15, 0.2) is 5.78 Å². The Bertz CT molecular complexity index is 737. The molecule has 132 valence electrons. The molecule has 1 heterocycles. The number of ketones is 1. The van der Waals surface area contributed by atoms with Crippen molar-refractivity contribution >= 4 is 23.1 Å². The van der Waals surface area contributed by atoms with E-state index >= 15 is 0 Å². The van der Waals surface area contributed by atoms with E-state index in [4.69, 9.17) is 11.6 Å². The summed E-state index contributed by atoms with van der Waals surface area (Å²) in [7, 11) is 0. The molecule has 0 bridgehead atoms. The highest BCUT2D eigenvalue weighted by molar-refractivity contribution is 6.36. The Labute approximate surface area is 155 Å². The Morgan fingerprint density at radius 1 is 1.04 bits per heavy atom. The van der Waals surface area contributed by atoms with Crippen molar-refractivity contribution in [1.82, 2.24) is 4.90 Å². The van der Waals surface area contributed by atoms with Gasteiger partial charge >= 0.3 is 0 Å². The molecule has 3 rings (SSSR count). The van der Waals surface area contributed by atoms with Crippen LogP contribution in [0, 0.1) is 0 Å². The van der Waals surface area contributed by atoms with E-state index in [0.717, 1.165) is 49.5 Å². The van der Waals surface area contributed by atoms with E-state index < -0.39 is 0 Å². The molecule has 0 radical (unpaired) electrons. The number of carbonyl (C=O) groups is 1. The summed E-state index contributed by atoms with van der Waals surface area (Å²) in [6.45, 7) is 9.22. The lowest BCUT2D eigenvalue weighted by Gasteiger charge is -2.36. The highest BCUT2D eigenvalue weighted by atomic mass is 35.5. The first-order chi connectivity index (χ1) is 12.1. The van der Waals surface area contributed by atoms with Gasteiger partial charge in [0.25, 0.3) is 0 Å². The predicted molar refractivity (Wildman–Crippen MR) is 106 cm³/mol. The van der Waals surface area contributed by atoms with Crippen molar-refractivity contribution in [2.75, 3.05) is 37.6 Å². The fraction of sp³-hybridized carbons (Fsp3) is 0.381. The van der Waals surface area contributed by atoms with Crippen LogP contribution in [0.25, 0.3) is 11.1 Å². The Morgan fingerprint density at radius 2 is 1.72 bits per heavy atom. The molecule has 1 aliphatic rings. The van der Waals surface area contributed by atoms with E-state index in [1.807, 2.05) is 43.3 Å². The summed E-state index contributed by atoms with van der Waals surface area (Å²) < 4.78 is 0. The van der Waals surface area contributed by atoms with Gasteiger partial charge in [-0.15, -0.1) is 0 Å². The molecule has 2 aromatic rings. The van der Waals surface area contributed by atoms with Gasteiger partial charge in [-0.05, 0) is 24.2 Å². The number of likely N-dealkylation sites (N-methyl/N-ethyl adjacent to an activating group) is 1. The SMILES string of the molecule is CCC(=O)c1cc(N2CCN(CC)CC2)cc(-c2ccccc2)c1Cl. The highest BCUT2D eigenvalue weighted by Gasteiger charge is 2.21. The zero-order valence-electron chi connectivity index (χ0n) is 15.0. The molecule has 0 atom stereocenters. The largest absolute Gasteiger partial charge is 0.369 e. The van der Waals surface area contributed by atoms with E-state index in [-0.39, 0.29) is 5.78 Å². The maximum Gasteiger partial charge on any atom is 0.164 e. The topological polar surface area (TPSA) is 23.6 Å². The molecule has 4 heteroatoms. The van der Waals surface area contributed by atoms with E-state index in [1.165, 1.54) is 0 Å². The third-order valence-electron chi connectivity index (χ3n) is 4.95. The third kappa shape index (κ3) is 3.88. The lowest BCUT2D eigenvalue weighted by Crippen LogP contribution is -2.46. The van der Waals surface area contributed by atoms with Crippen LogP contribution in [-0.4, -0.2) is 43.4 Å². The second kappa shape index (κ2) is 8.03. The van der Waals surface area contributed by atoms with Crippen LogP contribution >= 0.6 is 11.6 Å². The third-order valence-corrected chi connectivity index (χ3v) is 5.36. The molecule has 0 saturated carbocycles. The molecular formula is C21H25ClN2O. The molecule has 1 fully saturated rings. The lowest BCUT2D eigenvalue weighted by atomic mass is 9.98. The second-order valence-corrected chi connectivity index (χ2v) is 6.80. The summed E-state index contributed by atoms with van der Waals surface area (Å²) in [6, 6.07) is 14.2. The van der Waals surface area contributed by atoms with Crippen molar-refractivity contribution in [1.29, 1.82) is 0 Å². The number of hydrogen-bond acceptors (Lipinski definition) is 3. The molecule has 0 aromatic heterocycles. The average molecular weight is 357 g/mol. The van der Waals surface area contributed by atoms with Crippen molar-refractivity contribution < 1.29 is 4.79 Å². The van der Waals surface area contributed by atoms with Gasteiger partial charge in [0.05, 0.1) is 5.02 Å². The number of carbonyl (C=O) groups excluding carboxylic acids is 1. The number of anilines is 1. The first-order valence-electron chi connectivity index (χ1n) is 9.03. The lowest BCUT2D eigenvalue weighted by molar-refractivity contribution is 0.0988. The van der Waals surface area contributed by atoms with E-state index in [1.54, 1.807) is 0 Å². The number of piperazine rings is 1. The molecule has 1 saturated heterocycles. The summed E-state index contributed by atoms with van der Waals surface area (Å²) in [5.41, 5.74) is 3.72. The zero-order chi connectivity index (χ0) is 17.8. The van der Waals surface area contributed by atoms with Gasteiger partial charge in [-0.2, -0.15) is 0 Å². The molecule has 0 aliphatic carbocycles. The number of halogens is 1. The summed E-state index contributed by atoms with van der Waals surface area (Å²) in [5, 5.41) is 0.564. The van der Waals surface area contributed by atoms with E-state index in [2.05, 4.69) is 22.8 Å². The second-order valence-electron chi connectivity index (χ2n) is 6.42. The quantitative estimate of drug-likeness (QED) is 0.723. The van der Waals surface area contributed by atoms with E-state index in [9.17, 15) is 4.79 Å². The monoisotopic (exact) mass is 356 g/mol. The summed E-state index contributed by atoms with van der Waals surface area (Å²) in [4.78, 5) is 17.2. The number of rotatable bonds is 5. The molecule has 0 N–H and O–H groups in total. The molecule has 0 spiro atoms. The molecule has 25 heavy (non-hydrogen) atoms. The van der Waals surface area contributed by atoms with E-state index in [0.29, 0.717) is 17.0 Å². The Morgan fingerprint density at radius 3 is 2.32 bits per heavy atom. The van der Waals surface area contributed by atoms with Crippen molar-refractivity contribution in [2.45, 2.75) is 20.3 Å².